The highest BCUT2D eigenvalue weighted by atomic mass is 32.2. The summed E-state index contributed by atoms with van der Waals surface area (Å²) >= 11 is 6.65. The van der Waals surface area contributed by atoms with Crippen molar-refractivity contribution in [3.63, 3.8) is 0 Å². The molecule has 1 aromatic carbocycles. The van der Waals surface area contributed by atoms with Gasteiger partial charge >= 0.3 is 0 Å². The second-order valence-electron chi connectivity index (χ2n) is 6.13. The van der Waals surface area contributed by atoms with Gasteiger partial charge in [0.05, 0.1) is 4.91 Å². The number of rotatable bonds is 3. The molecule has 1 aromatic heterocycles. The lowest BCUT2D eigenvalue weighted by Crippen LogP contribution is -2.27. The maximum atomic E-state index is 12.5. The fourth-order valence-electron chi connectivity index (χ4n) is 3.27. The Labute approximate surface area is 161 Å². The highest BCUT2D eigenvalue weighted by molar-refractivity contribution is 8.26. The molecular weight excluding hydrogens is 368 g/mol. The van der Waals surface area contributed by atoms with Gasteiger partial charge in [0.2, 0.25) is 6.79 Å². The number of hydrogen-bond donors (Lipinski definition) is 0. The molecule has 3 heterocycles. The molecule has 7 heteroatoms. The van der Waals surface area contributed by atoms with Crippen LogP contribution in [0.1, 0.15) is 23.9 Å². The number of nitrogens with zero attached hydrogens (tertiary/aromatic N) is 2. The molecule has 1 amide bonds. The van der Waals surface area contributed by atoms with Gasteiger partial charge in [-0.3, -0.25) is 9.69 Å². The van der Waals surface area contributed by atoms with Crippen LogP contribution in [-0.4, -0.2) is 33.0 Å². The second kappa shape index (κ2) is 6.48. The number of thiocarbonyl (C=S) groups is 1. The van der Waals surface area contributed by atoms with E-state index in [1.807, 2.05) is 45.0 Å². The average Bonchev–Trinajstić information content (AvgIpc) is 3.25. The molecule has 2 aliphatic heterocycles. The van der Waals surface area contributed by atoms with Gasteiger partial charge in [0.1, 0.15) is 4.32 Å². The second-order valence-corrected chi connectivity index (χ2v) is 7.80. The van der Waals surface area contributed by atoms with Crippen LogP contribution in [0.25, 0.3) is 11.8 Å². The number of aromatic nitrogens is 1. The number of carbonyl (C=O) groups excluding carboxylic acids is 1. The minimum absolute atomic E-state index is 0.0182. The lowest BCUT2D eigenvalue weighted by atomic mass is 10.2. The van der Waals surface area contributed by atoms with Crippen LogP contribution in [0.4, 0.5) is 0 Å². The number of amides is 1. The molecule has 0 aliphatic carbocycles. The van der Waals surface area contributed by atoms with Crippen molar-refractivity contribution in [2.75, 3.05) is 13.3 Å². The first-order chi connectivity index (χ1) is 12.5. The molecule has 1 saturated heterocycles. The van der Waals surface area contributed by atoms with Crippen LogP contribution < -0.4 is 9.47 Å². The molecule has 0 N–H and O–H groups in total. The van der Waals surface area contributed by atoms with Crippen molar-refractivity contribution >= 4 is 40.3 Å². The van der Waals surface area contributed by atoms with Gasteiger partial charge in [-0.15, -0.1) is 0 Å². The van der Waals surface area contributed by atoms with Gasteiger partial charge in [0.15, 0.2) is 11.5 Å². The quantitative estimate of drug-likeness (QED) is 0.588. The number of fused-ring (bicyclic) bond motifs is 1. The van der Waals surface area contributed by atoms with Crippen molar-refractivity contribution in [3.8, 4) is 17.2 Å². The Morgan fingerprint density at radius 3 is 2.73 bits per heavy atom. The van der Waals surface area contributed by atoms with E-state index in [0.29, 0.717) is 15.8 Å². The maximum absolute atomic E-state index is 12.5. The number of thioether (sulfide) groups is 1. The molecule has 0 bridgehead atoms. The van der Waals surface area contributed by atoms with Crippen LogP contribution in [0, 0.1) is 13.8 Å². The highest BCUT2D eigenvalue weighted by Gasteiger charge is 2.31. The van der Waals surface area contributed by atoms with E-state index in [0.717, 1.165) is 34.1 Å². The number of aryl methyl sites for hydroxylation is 1. The largest absolute Gasteiger partial charge is 0.454 e. The van der Waals surface area contributed by atoms with Gasteiger partial charge in [-0.05, 0) is 50.6 Å². The maximum Gasteiger partial charge on any atom is 0.266 e. The summed E-state index contributed by atoms with van der Waals surface area (Å²) in [5.74, 6) is 1.50. The summed E-state index contributed by atoms with van der Waals surface area (Å²) < 4.78 is 13.6. The van der Waals surface area contributed by atoms with Crippen LogP contribution >= 0.6 is 24.0 Å². The fourth-order valence-corrected chi connectivity index (χ4v) is 4.64. The summed E-state index contributed by atoms with van der Waals surface area (Å²) in [6, 6.07) is 7.98. The van der Waals surface area contributed by atoms with E-state index < -0.39 is 0 Å². The fraction of sp³-hybridized carbons (Fsp3) is 0.263. The smallest absolute Gasteiger partial charge is 0.266 e. The van der Waals surface area contributed by atoms with Crippen molar-refractivity contribution in [2.24, 2.45) is 0 Å². The van der Waals surface area contributed by atoms with E-state index >= 15 is 0 Å². The summed E-state index contributed by atoms with van der Waals surface area (Å²) in [5, 5.41) is 0. The zero-order chi connectivity index (χ0) is 18.4. The Hall–Kier alpha value is -2.25. The Balaban J connectivity index is 1.73. The Bertz CT molecular complexity index is 962. The lowest BCUT2D eigenvalue weighted by molar-refractivity contribution is -0.121. The number of carbonyl (C=O) groups is 1. The molecule has 5 nitrogen and oxygen atoms in total. The van der Waals surface area contributed by atoms with Gasteiger partial charge in [-0.1, -0.05) is 24.0 Å². The van der Waals surface area contributed by atoms with Gasteiger partial charge in [-0.25, -0.2) is 0 Å². The van der Waals surface area contributed by atoms with Crippen LogP contribution in [0.15, 0.2) is 29.2 Å². The molecule has 26 heavy (non-hydrogen) atoms. The molecule has 134 valence electrons. The van der Waals surface area contributed by atoms with Crippen molar-refractivity contribution in [1.82, 2.24) is 9.47 Å². The predicted molar refractivity (Wildman–Crippen MR) is 107 cm³/mol. The third-order valence-electron chi connectivity index (χ3n) is 4.56. The molecule has 0 saturated carbocycles. The molecule has 4 rings (SSSR count). The first-order valence-corrected chi connectivity index (χ1v) is 9.56. The summed E-state index contributed by atoms with van der Waals surface area (Å²) in [6.07, 6.45) is 1.93. The first kappa shape index (κ1) is 17.2. The number of likely N-dealkylation sites (N-methyl/N-ethyl adjacent to an activating group) is 1. The van der Waals surface area contributed by atoms with Crippen LogP contribution in [0.2, 0.25) is 0 Å². The first-order valence-electron chi connectivity index (χ1n) is 8.34. The molecule has 0 unspecified atom stereocenters. The summed E-state index contributed by atoms with van der Waals surface area (Å²) in [6.45, 7) is 6.88. The SMILES string of the molecule is CCN1C(=O)/C(=C/c2cc(C)n(-c3ccc4c(c3)OCO4)c2C)SC1=S. The minimum atomic E-state index is -0.0182. The van der Waals surface area contributed by atoms with Crippen molar-refractivity contribution in [3.05, 3.63) is 46.1 Å². The molecular formula is C19H18N2O3S2. The Kier molecular flexibility index (Phi) is 4.28. The Morgan fingerprint density at radius 2 is 2.00 bits per heavy atom. The zero-order valence-electron chi connectivity index (χ0n) is 14.7. The van der Waals surface area contributed by atoms with Crippen LogP contribution in [-0.2, 0) is 4.79 Å². The topological polar surface area (TPSA) is 43.7 Å². The van der Waals surface area contributed by atoms with Crippen molar-refractivity contribution in [1.29, 1.82) is 0 Å². The normalized spacial score (nSPS) is 17.7. The minimum Gasteiger partial charge on any atom is -0.454 e. The van der Waals surface area contributed by atoms with Crippen LogP contribution in [0.3, 0.4) is 0 Å². The summed E-state index contributed by atoms with van der Waals surface area (Å²) in [7, 11) is 0. The molecule has 2 aromatic rings. The van der Waals surface area contributed by atoms with E-state index in [-0.39, 0.29) is 12.7 Å². The van der Waals surface area contributed by atoms with Crippen molar-refractivity contribution < 1.29 is 14.3 Å². The standard InChI is InChI=1S/C19H18N2O3S2/c1-4-20-18(22)17(26-19(20)25)8-13-7-11(2)21(12(13)3)14-5-6-15-16(9-14)24-10-23-15/h5-9H,4,10H2,1-3H3/b17-8-. The third-order valence-corrected chi connectivity index (χ3v) is 5.94. The predicted octanol–water partition coefficient (Wildman–Crippen LogP) is 4.04. The Morgan fingerprint density at radius 1 is 1.23 bits per heavy atom. The molecule has 0 radical (unpaired) electrons. The van der Waals surface area contributed by atoms with Gasteiger partial charge in [-0.2, -0.15) is 0 Å². The van der Waals surface area contributed by atoms with E-state index in [2.05, 4.69) is 10.6 Å². The third kappa shape index (κ3) is 2.71. The number of ether oxygens (including phenoxy) is 2. The number of benzene rings is 1. The molecule has 0 spiro atoms. The summed E-state index contributed by atoms with van der Waals surface area (Å²) in [5.41, 5.74) is 4.16. The lowest BCUT2D eigenvalue weighted by Gasteiger charge is -2.10. The molecule has 1 fully saturated rings. The van der Waals surface area contributed by atoms with Gasteiger partial charge in [0.25, 0.3) is 5.91 Å². The van der Waals surface area contributed by atoms with E-state index in [1.54, 1.807) is 4.90 Å². The summed E-state index contributed by atoms with van der Waals surface area (Å²) in [4.78, 5) is 14.8. The van der Waals surface area contributed by atoms with Gasteiger partial charge < -0.3 is 14.0 Å². The highest BCUT2D eigenvalue weighted by Crippen LogP contribution is 2.36. The van der Waals surface area contributed by atoms with E-state index in [4.69, 9.17) is 21.7 Å². The molecule has 0 atom stereocenters. The zero-order valence-corrected chi connectivity index (χ0v) is 16.4. The number of hydrogen-bond acceptors (Lipinski definition) is 5. The van der Waals surface area contributed by atoms with E-state index in [9.17, 15) is 4.79 Å². The van der Waals surface area contributed by atoms with Gasteiger partial charge in [0, 0.05) is 29.7 Å². The molecule has 2 aliphatic rings. The van der Waals surface area contributed by atoms with Crippen molar-refractivity contribution in [2.45, 2.75) is 20.8 Å². The monoisotopic (exact) mass is 386 g/mol. The van der Waals surface area contributed by atoms with E-state index in [1.165, 1.54) is 11.8 Å². The van der Waals surface area contributed by atoms with Crippen LogP contribution in [0.5, 0.6) is 11.5 Å². The average molecular weight is 386 g/mol.